The first kappa shape index (κ1) is 27.8. The normalized spacial score (nSPS) is 12.5. The highest BCUT2D eigenvalue weighted by molar-refractivity contribution is 5.98. The van der Waals surface area contributed by atoms with Crippen LogP contribution in [0.15, 0.2) is 145 Å². The minimum atomic E-state index is -0.955. The second-order valence-electron chi connectivity index (χ2n) is 10.9. The van der Waals surface area contributed by atoms with E-state index in [0.717, 1.165) is 58.1 Å². The molecule has 5 aromatic carbocycles. The van der Waals surface area contributed by atoms with Crippen LogP contribution in [0.1, 0.15) is 34.3 Å². The van der Waals surface area contributed by atoms with Crippen molar-refractivity contribution in [2.24, 2.45) is 0 Å². The van der Waals surface area contributed by atoms with E-state index in [0.29, 0.717) is 5.56 Å². The van der Waals surface area contributed by atoms with Gasteiger partial charge in [0.05, 0.1) is 5.56 Å². The summed E-state index contributed by atoms with van der Waals surface area (Å²) in [5.41, 5.74) is 10.1. The molecule has 1 aliphatic rings. The van der Waals surface area contributed by atoms with Crippen LogP contribution in [0.2, 0.25) is 0 Å². The molecule has 6 rings (SSSR count). The van der Waals surface area contributed by atoms with Gasteiger partial charge in [-0.25, -0.2) is 4.79 Å². The third kappa shape index (κ3) is 6.00. The predicted molar refractivity (Wildman–Crippen MR) is 178 cm³/mol. The molecule has 0 radical (unpaired) electrons. The highest BCUT2D eigenvalue weighted by atomic mass is 16.4. The van der Waals surface area contributed by atoms with Crippen molar-refractivity contribution in [3.8, 4) is 11.1 Å². The summed E-state index contributed by atoms with van der Waals surface area (Å²) in [6.45, 7) is 4.16. The Balaban J connectivity index is 1.40. The van der Waals surface area contributed by atoms with Gasteiger partial charge in [-0.1, -0.05) is 72.8 Å². The zero-order valence-electron chi connectivity index (χ0n) is 24.4. The summed E-state index contributed by atoms with van der Waals surface area (Å²) in [5.74, 6) is -0.955. The zero-order chi connectivity index (χ0) is 29.8. The summed E-state index contributed by atoms with van der Waals surface area (Å²) in [5, 5.41) is 10.4. The summed E-state index contributed by atoms with van der Waals surface area (Å²) >= 11 is 0. The van der Waals surface area contributed by atoms with Crippen molar-refractivity contribution in [2.45, 2.75) is 26.7 Å². The standard InChI is InChI=1S/C39H34N2O2/c1-28-11-9-17-34(25-28)40(31-13-5-3-6-14-31)33-21-19-30(20-22-33)37-24-23-36(27-38(37)39(42)43)41(32-15-7-4-8-16-32)35-18-10-12-29(2)26-35/h3,5-7,9-27H,4,8H2,1-2H3,(H,42,43). The van der Waals surface area contributed by atoms with Gasteiger partial charge in [-0.2, -0.15) is 0 Å². The molecule has 5 aromatic rings. The van der Waals surface area contributed by atoms with E-state index in [1.165, 1.54) is 5.56 Å². The van der Waals surface area contributed by atoms with Gasteiger partial charge in [0.15, 0.2) is 0 Å². The number of rotatable bonds is 8. The number of para-hydroxylation sites is 1. The van der Waals surface area contributed by atoms with Crippen LogP contribution in [-0.4, -0.2) is 11.1 Å². The van der Waals surface area contributed by atoms with Crippen LogP contribution in [0.5, 0.6) is 0 Å². The lowest BCUT2D eigenvalue weighted by molar-refractivity contribution is 0.0697. The van der Waals surface area contributed by atoms with Gasteiger partial charge in [-0.3, -0.25) is 0 Å². The Bertz CT molecular complexity index is 1820. The van der Waals surface area contributed by atoms with E-state index in [9.17, 15) is 9.90 Å². The van der Waals surface area contributed by atoms with E-state index in [4.69, 9.17) is 0 Å². The molecule has 0 bridgehead atoms. The van der Waals surface area contributed by atoms with Crippen molar-refractivity contribution in [2.75, 3.05) is 9.80 Å². The highest BCUT2D eigenvalue weighted by Gasteiger charge is 2.20. The Morgan fingerprint density at radius 2 is 1.19 bits per heavy atom. The van der Waals surface area contributed by atoms with Crippen LogP contribution in [0.25, 0.3) is 11.1 Å². The van der Waals surface area contributed by atoms with Gasteiger partial charge in [0.2, 0.25) is 0 Å². The van der Waals surface area contributed by atoms with E-state index < -0.39 is 5.97 Å². The molecule has 0 spiro atoms. The smallest absolute Gasteiger partial charge is 0.336 e. The first-order valence-corrected chi connectivity index (χ1v) is 14.6. The maximum absolute atomic E-state index is 12.7. The van der Waals surface area contributed by atoms with E-state index in [-0.39, 0.29) is 5.56 Å². The van der Waals surface area contributed by atoms with Crippen LogP contribution in [0.4, 0.5) is 28.4 Å². The fraction of sp³-hybridized carbons (Fsp3) is 0.103. The molecule has 0 unspecified atom stereocenters. The SMILES string of the molecule is Cc1cccc(N(C2=CCCC=C2)c2ccc(-c3ccc(N(c4ccccc4)c4cccc(C)c4)cc3)c(C(=O)O)c2)c1. The molecule has 43 heavy (non-hydrogen) atoms. The number of carboxylic acids is 1. The van der Waals surface area contributed by atoms with Gasteiger partial charge >= 0.3 is 5.97 Å². The number of anilines is 5. The van der Waals surface area contributed by atoms with Crippen LogP contribution in [0.3, 0.4) is 0 Å². The maximum atomic E-state index is 12.7. The molecule has 0 heterocycles. The molecule has 0 saturated heterocycles. The summed E-state index contributed by atoms with van der Waals surface area (Å²) in [6, 6.07) is 40.9. The quantitative estimate of drug-likeness (QED) is 0.204. The minimum Gasteiger partial charge on any atom is -0.478 e. The van der Waals surface area contributed by atoms with E-state index >= 15 is 0 Å². The Morgan fingerprint density at radius 3 is 1.79 bits per heavy atom. The molecule has 0 saturated carbocycles. The third-order valence-corrected chi connectivity index (χ3v) is 7.70. The van der Waals surface area contributed by atoms with Gasteiger partial charge in [0.1, 0.15) is 0 Å². The van der Waals surface area contributed by atoms with Crippen molar-refractivity contribution < 1.29 is 9.90 Å². The fourth-order valence-corrected chi connectivity index (χ4v) is 5.66. The Morgan fingerprint density at radius 1 is 0.605 bits per heavy atom. The molecule has 0 aromatic heterocycles. The van der Waals surface area contributed by atoms with Crippen molar-refractivity contribution in [1.29, 1.82) is 0 Å². The molecule has 212 valence electrons. The summed E-state index contributed by atoms with van der Waals surface area (Å²) < 4.78 is 0. The number of allylic oxidation sites excluding steroid dienone is 3. The lowest BCUT2D eigenvalue weighted by atomic mass is 9.97. The summed E-state index contributed by atoms with van der Waals surface area (Å²) in [6.07, 6.45) is 8.45. The largest absolute Gasteiger partial charge is 0.478 e. The first-order chi connectivity index (χ1) is 21.0. The molecular weight excluding hydrogens is 528 g/mol. The van der Waals surface area contributed by atoms with Crippen LogP contribution < -0.4 is 9.80 Å². The Kier molecular flexibility index (Phi) is 7.92. The van der Waals surface area contributed by atoms with Crippen molar-refractivity contribution in [3.63, 3.8) is 0 Å². The van der Waals surface area contributed by atoms with E-state index in [2.05, 4.69) is 109 Å². The number of aromatic carboxylic acids is 1. The summed E-state index contributed by atoms with van der Waals surface area (Å²) in [7, 11) is 0. The number of carbonyl (C=O) groups is 1. The van der Waals surface area contributed by atoms with Crippen LogP contribution in [-0.2, 0) is 0 Å². The average Bonchev–Trinajstić information content (AvgIpc) is 3.03. The van der Waals surface area contributed by atoms with Gasteiger partial charge in [0, 0.05) is 34.1 Å². The Labute approximate surface area is 253 Å². The zero-order valence-corrected chi connectivity index (χ0v) is 24.4. The fourth-order valence-electron chi connectivity index (χ4n) is 5.66. The molecule has 0 fully saturated rings. The molecule has 1 N–H and O–H groups in total. The number of nitrogens with zero attached hydrogens (tertiary/aromatic N) is 2. The van der Waals surface area contributed by atoms with Crippen molar-refractivity contribution in [3.05, 3.63) is 162 Å². The third-order valence-electron chi connectivity index (χ3n) is 7.70. The molecule has 4 heteroatoms. The van der Waals surface area contributed by atoms with Gasteiger partial charge in [-0.15, -0.1) is 0 Å². The second-order valence-corrected chi connectivity index (χ2v) is 10.9. The molecule has 0 atom stereocenters. The number of hydrogen-bond donors (Lipinski definition) is 1. The van der Waals surface area contributed by atoms with Gasteiger partial charge in [-0.05, 0) is 116 Å². The predicted octanol–water partition coefficient (Wildman–Crippen LogP) is 10.5. The van der Waals surface area contributed by atoms with Gasteiger partial charge < -0.3 is 14.9 Å². The van der Waals surface area contributed by atoms with E-state index in [1.807, 2.05) is 48.5 Å². The Hall–Kier alpha value is -5.35. The number of carboxylic acid groups (broad SMARTS) is 1. The molecule has 1 aliphatic carbocycles. The molecular formula is C39H34N2O2. The minimum absolute atomic E-state index is 0.266. The molecule has 0 amide bonds. The maximum Gasteiger partial charge on any atom is 0.336 e. The second kappa shape index (κ2) is 12.3. The molecule has 4 nitrogen and oxygen atoms in total. The first-order valence-electron chi connectivity index (χ1n) is 14.6. The monoisotopic (exact) mass is 562 g/mol. The van der Waals surface area contributed by atoms with Gasteiger partial charge in [0.25, 0.3) is 0 Å². The summed E-state index contributed by atoms with van der Waals surface area (Å²) in [4.78, 5) is 17.0. The number of benzene rings is 5. The lowest BCUT2D eigenvalue weighted by Gasteiger charge is -2.28. The molecule has 0 aliphatic heterocycles. The van der Waals surface area contributed by atoms with Crippen molar-refractivity contribution >= 4 is 34.4 Å². The number of aryl methyl sites for hydroxylation is 2. The highest BCUT2D eigenvalue weighted by Crippen LogP contribution is 2.38. The number of hydrogen-bond acceptors (Lipinski definition) is 3. The van der Waals surface area contributed by atoms with Crippen molar-refractivity contribution in [1.82, 2.24) is 0 Å². The lowest BCUT2D eigenvalue weighted by Crippen LogP contribution is -2.17. The van der Waals surface area contributed by atoms with Crippen LogP contribution >= 0.6 is 0 Å². The average molecular weight is 563 g/mol. The topological polar surface area (TPSA) is 43.8 Å². The van der Waals surface area contributed by atoms with Crippen LogP contribution in [0, 0.1) is 13.8 Å². The van der Waals surface area contributed by atoms with E-state index in [1.54, 1.807) is 6.07 Å².